The molecule has 0 fully saturated rings. The molecular formula is C19H14ClFO5. The van der Waals surface area contributed by atoms with Gasteiger partial charge in [-0.3, -0.25) is 0 Å². The highest BCUT2D eigenvalue weighted by molar-refractivity contribution is 6.32. The second-order valence-electron chi connectivity index (χ2n) is 5.61. The van der Waals surface area contributed by atoms with Gasteiger partial charge in [0.15, 0.2) is 11.6 Å². The van der Waals surface area contributed by atoms with Gasteiger partial charge in [-0.1, -0.05) is 11.6 Å². The molecule has 0 aliphatic heterocycles. The summed E-state index contributed by atoms with van der Waals surface area (Å²) in [6.45, 7) is 1.60. The van der Waals surface area contributed by atoms with Crippen molar-refractivity contribution in [2.45, 2.75) is 13.5 Å². The average Bonchev–Trinajstić information content (AvgIpc) is 2.60. The first-order valence-electron chi connectivity index (χ1n) is 7.62. The molecule has 3 aromatic rings. The minimum absolute atomic E-state index is 0.0261. The molecule has 0 amide bonds. The van der Waals surface area contributed by atoms with Gasteiger partial charge in [-0.2, -0.15) is 0 Å². The van der Waals surface area contributed by atoms with E-state index in [4.69, 9.17) is 25.5 Å². The smallest absolute Gasteiger partial charge is 0.338 e. The van der Waals surface area contributed by atoms with Gasteiger partial charge in [0, 0.05) is 22.0 Å². The summed E-state index contributed by atoms with van der Waals surface area (Å²) in [6, 6.07) is 8.27. The first kappa shape index (κ1) is 17.9. The van der Waals surface area contributed by atoms with Crippen molar-refractivity contribution < 1.29 is 23.1 Å². The molecule has 0 atom stereocenters. The molecule has 3 rings (SSSR count). The van der Waals surface area contributed by atoms with Crippen LogP contribution in [0, 0.1) is 12.7 Å². The highest BCUT2D eigenvalue weighted by Crippen LogP contribution is 2.26. The minimum Gasteiger partial charge on any atom is -0.494 e. The van der Waals surface area contributed by atoms with Crippen molar-refractivity contribution >= 4 is 28.5 Å². The Hall–Kier alpha value is -2.86. The van der Waals surface area contributed by atoms with Crippen LogP contribution in [0.3, 0.4) is 0 Å². The number of rotatable bonds is 4. The first-order valence-corrected chi connectivity index (χ1v) is 8.00. The first-order chi connectivity index (χ1) is 12.4. The molecule has 5 nitrogen and oxygen atoms in total. The number of hydrogen-bond acceptors (Lipinski definition) is 5. The number of benzene rings is 2. The van der Waals surface area contributed by atoms with Gasteiger partial charge < -0.3 is 13.9 Å². The van der Waals surface area contributed by atoms with Crippen LogP contribution >= 0.6 is 11.6 Å². The van der Waals surface area contributed by atoms with E-state index in [0.717, 1.165) is 11.6 Å². The quantitative estimate of drug-likeness (QED) is 0.503. The Bertz CT molecular complexity index is 1060. The summed E-state index contributed by atoms with van der Waals surface area (Å²) in [5, 5.41) is 1.06. The Morgan fingerprint density at radius 2 is 2.00 bits per heavy atom. The lowest BCUT2D eigenvalue weighted by Crippen LogP contribution is -2.08. The molecule has 1 aromatic heterocycles. The molecule has 0 radical (unpaired) electrons. The van der Waals surface area contributed by atoms with Crippen LogP contribution in [0.25, 0.3) is 11.0 Å². The molecule has 0 aliphatic rings. The van der Waals surface area contributed by atoms with E-state index in [1.807, 2.05) is 0 Å². The summed E-state index contributed by atoms with van der Waals surface area (Å²) in [4.78, 5) is 23.9. The Kier molecular flexibility index (Phi) is 4.95. The molecule has 1 heterocycles. The summed E-state index contributed by atoms with van der Waals surface area (Å²) < 4.78 is 28.9. The highest BCUT2D eigenvalue weighted by atomic mass is 35.5. The predicted molar refractivity (Wildman–Crippen MR) is 94.3 cm³/mol. The van der Waals surface area contributed by atoms with E-state index in [1.54, 1.807) is 19.1 Å². The molecule has 0 aliphatic carbocycles. The topological polar surface area (TPSA) is 65.7 Å². The fourth-order valence-electron chi connectivity index (χ4n) is 2.49. The Balaban J connectivity index is 1.87. The zero-order valence-corrected chi connectivity index (χ0v) is 14.7. The molecule has 0 saturated carbocycles. The molecule has 0 spiro atoms. The van der Waals surface area contributed by atoms with Gasteiger partial charge in [0.05, 0.1) is 12.7 Å². The second kappa shape index (κ2) is 7.17. The number of hydrogen-bond donors (Lipinski definition) is 0. The van der Waals surface area contributed by atoms with Crippen LogP contribution < -0.4 is 10.4 Å². The molecule has 0 saturated heterocycles. The maximum Gasteiger partial charge on any atom is 0.338 e. The molecule has 134 valence electrons. The second-order valence-corrected chi connectivity index (χ2v) is 6.02. The van der Waals surface area contributed by atoms with Crippen molar-refractivity contribution in [3.8, 4) is 5.75 Å². The normalized spacial score (nSPS) is 10.8. The largest absolute Gasteiger partial charge is 0.494 e. The molecular weight excluding hydrogens is 363 g/mol. The van der Waals surface area contributed by atoms with Crippen LogP contribution in [0.5, 0.6) is 5.75 Å². The molecule has 7 heteroatoms. The lowest BCUT2D eigenvalue weighted by atomic mass is 10.1. The number of carbonyl (C=O) groups is 1. The fourth-order valence-corrected chi connectivity index (χ4v) is 2.65. The standard InChI is InChI=1S/C19H14ClFO5/c1-10-5-17-13(8-14(10)20)12(7-18(22)26-17)9-25-19(23)11-3-4-16(24-2)15(21)6-11/h3-8H,9H2,1-2H3. The maximum atomic E-state index is 13.7. The molecule has 26 heavy (non-hydrogen) atoms. The summed E-state index contributed by atoms with van der Waals surface area (Å²) in [5.74, 6) is -1.38. The minimum atomic E-state index is -0.730. The zero-order chi connectivity index (χ0) is 18.8. The average molecular weight is 377 g/mol. The third-order valence-electron chi connectivity index (χ3n) is 3.86. The van der Waals surface area contributed by atoms with E-state index in [-0.39, 0.29) is 17.9 Å². The predicted octanol–water partition coefficient (Wildman–Crippen LogP) is 4.26. The molecule has 2 aromatic carbocycles. The number of carbonyl (C=O) groups excluding carboxylic acids is 1. The van der Waals surface area contributed by atoms with Crippen LogP contribution in [0.4, 0.5) is 4.39 Å². The lowest BCUT2D eigenvalue weighted by molar-refractivity contribution is 0.0473. The molecule has 0 unspecified atom stereocenters. The lowest BCUT2D eigenvalue weighted by Gasteiger charge is -2.09. The van der Waals surface area contributed by atoms with Gasteiger partial charge in [0.2, 0.25) is 0 Å². The highest BCUT2D eigenvalue weighted by Gasteiger charge is 2.14. The van der Waals surface area contributed by atoms with Crippen molar-refractivity contribution in [1.82, 2.24) is 0 Å². The number of ether oxygens (including phenoxy) is 2. The summed E-state index contributed by atoms with van der Waals surface area (Å²) in [5.41, 5.74) is 1.01. The van der Waals surface area contributed by atoms with Gasteiger partial charge in [-0.05, 0) is 42.8 Å². The van der Waals surface area contributed by atoms with Gasteiger partial charge in [0.25, 0.3) is 0 Å². The van der Waals surface area contributed by atoms with Crippen LogP contribution in [-0.4, -0.2) is 13.1 Å². The number of halogens is 2. The van der Waals surface area contributed by atoms with Crippen molar-refractivity contribution in [2.24, 2.45) is 0 Å². The molecule has 0 bridgehead atoms. The molecule has 0 N–H and O–H groups in total. The van der Waals surface area contributed by atoms with Crippen LogP contribution in [-0.2, 0) is 11.3 Å². The van der Waals surface area contributed by atoms with Crippen molar-refractivity contribution in [3.63, 3.8) is 0 Å². The number of methoxy groups -OCH3 is 1. The monoisotopic (exact) mass is 376 g/mol. The van der Waals surface area contributed by atoms with E-state index < -0.39 is 17.4 Å². The van der Waals surface area contributed by atoms with Crippen molar-refractivity contribution in [2.75, 3.05) is 7.11 Å². The van der Waals surface area contributed by atoms with Gasteiger partial charge in [0.1, 0.15) is 12.2 Å². The van der Waals surface area contributed by atoms with Crippen LogP contribution in [0.15, 0.2) is 45.6 Å². The van der Waals surface area contributed by atoms with Gasteiger partial charge in [-0.15, -0.1) is 0 Å². The van der Waals surface area contributed by atoms with Crippen molar-refractivity contribution in [3.05, 3.63) is 74.3 Å². The van der Waals surface area contributed by atoms with E-state index >= 15 is 0 Å². The number of fused-ring (bicyclic) bond motifs is 1. The van der Waals surface area contributed by atoms with Gasteiger partial charge in [-0.25, -0.2) is 14.0 Å². The van der Waals surface area contributed by atoms with E-state index in [0.29, 0.717) is 21.6 Å². The summed E-state index contributed by atoms with van der Waals surface area (Å²) in [6.07, 6.45) is 0. The summed E-state index contributed by atoms with van der Waals surface area (Å²) in [7, 11) is 1.33. The Morgan fingerprint density at radius 1 is 1.23 bits per heavy atom. The van der Waals surface area contributed by atoms with E-state index in [9.17, 15) is 14.0 Å². The fraction of sp³-hybridized carbons (Fsp3) is 0.158. The third-order valence-corrected chi connectivity index (χ3v) is 4.26. The van der Waals surface area contributed by atoms with E-state index in [2.05, 4.69) is 0 Å². The van der Waals surface area contributed by atoms with Crippen LogP contribution in [0.1, 0.15) is 21.5 Å². The zero-order valence-electron chi connectivity index (χ0n) is 14.0. The van der Waals surface area contributed by atoms with Crippen LogP contribution in [0.2, 0.25) is 5.02 Å². The Morgan fingerprint density at radius 3 is 2.69 bits per heavy atom. The number of aryl methyl sites for hydroxylation is 1. The number of esters is 1. The maximum absolute atomic E-state index is 13.7. The Labute approximate surface area is 152 Å². The van der Waals surface area contributed by atoms with Gasteiger partial charge >= 0.3 is 11.6 Å². The van der Waals surface area contributed by atoms with E-state index in [1.165, 1.54) is 25.3 Å². The SMILES string of the molecule is COc1ccc(C(=O)OCc2cc(=O)oc3cc(C)c(Cl)cc23)cc1F. The third kappa shape index (κ3) is 3.55. The summed E-state index contributed by atoms with van der Waals surface area (Å²) >= 11 is 6.12. The van der Waals surface area contributed by atoms with Crippen molar-refractivity contribution in [1.29, 1.82) is 0 Å².